The third-order valence-electron chi connectivity index (χ3n) is 5.32. The number of hydrogen-bond donors (Lipinski definition) is 0. The van der Waals surface area contributed by atoms with Crippen LogP contribution in [0, 0.1) is 5.82 Å². The molecule has 1 aromatic heterocycles. The van der Waals surface area contributed by atoms with Gasteiger partial charge in [0.25, 0.3) is 5.91 Å². The number of furan rings is 1. The molecule has 6 nitrogen and oxygen atoms in total. The Labute approximate surface area is 180 Å². The van der Waals surface area contributed by atoms with Gasteiger partial charge in [-0.05, 0) is 55.3 Å². The fourth-order valence-corrected chi connectivity index (χ4v) is 5.29. The second kappa shape index (κ2) is 9.03. The Kier molecular flexibility index (Phi) is 6.20. The molecule has 4 rings (SSSR count). The van der Waals surface area contributed by atoms with Crippen molar-refractivity contribution in [1.29, 1.82) is 0 Å². The average molecular weight is 443 g/mol. The van der Waals surface area contributed by atoms with E-state index in [9.17, 15) is 17.6 Å². The molecule has 0 aliphatic carbocycles. The van der Waals surface area contributed by atoms with E-state index in [-0.39, 0.29) is 12.1 Å². The molecule has 0 spiro atoms. The number of carbonyl (C=O) groups is 1. The van der Waals surface area contributed by atoms with Crippen molar-refractivity contribution in [2.75, 3.05) is 18.0 Å². The largest absolute Gasteiger partial charge is 0.467 e. The van der Waals surface area contributed by atoms with Crippen molar-refractivity contribution in [2.45, 2.75) is 30.7 Å². The lowest BCUT2D eigenvalue weighted by Crippen LogP contribution is -2.36. The zero-order valence-electron chi connectivity index (χ0n) is 16.9. The van der Waals surface area contributed by atoms with Crippen LogP contribution in [0.2, 0.25) is 0 Å². The van der Waals surface area contributed by atoms with E-state index in [4.69, 9.17) is 4.42 Å². The molecule has 1 amide bonds. The SMILES string of the molecule is O=C(c1ccc(F)c(S(=O)(=O)N2CCCCC2)c1)N(Cc1ccco1)c1ccccc1. The normalized spacial score (nSPS) is 15.0. The molecule has 31 heavy (non-hydrogen) atoms. The number of benzene rings is 2. The molecule has 0 unspecified atom stereocenters. The molecule has 0 atom stereocenters. The Hall–Kier alpha value is -2.97. The zero-order chi connectivity index (χ0) is 21.8. The standard InChI is InChI=1S/C23H23FN2O4S/c24-21-12-11-18(16-22(21)31(28,29)25-13-5-2-6-14-25)23(27)26(17-20-10-7-15-30-20)19-8-3-1-4-9-19/h1,3-4,7-12,15-16H,2,5-6,13-14,17H2. The zero-order valence-corrected chi connectivity index (χ0v) is 17.7. The number of carbonyl (C=O) groups excluding carboxylic acids is 1. The van der Waals surface area contributed by atoms with Gasteiger partial charge in [0.1, 0.15) is 16.5 Å². The van der Waals surface area contributed by atoms with Crippen molar-refractivity contribution in [1.82, 2.24) is 4.31 Å². The summed E-state index contributed by atoms with van der Waals surface area (Å²) in [5, 5.41) is 0. The molecule has 3 aromatic rings. The first-order chi connectivity index (χ1) is 15.0. The van der Waals surface area contributed by atoms with Crippen molar-refractivity contribution >= 4 is 21.6 Å². The van der Waals surface area contributed by atoms with Gasteiger partial charge in [0.05, 0.1) is 12.8 Å². The van der Waals surface area contributed by atoms with Crippen LogP contribution in [0.5, 0.6) is 0 Å². The number of halogens is 1. The van der Waals surface area contributed by atoms with Gasteiger partial charge in [-0.1, -0.05) is 24.6 Å². The van der Waals surface area contributed by atoms with Crippen LogP contribution in [-0.2, 0) is 16.6 Å². The Morgan fingerprint density at radius 2 is 1.74 bits per heavy atom. The lowest BCUT2D eigenvalue weighted by Gasteiger charge is -2.26. The molecular weight excluding hydrogens is 419 g/mol. The molecule has 1 fully saturated rings. The van der Waals surface area contributed by atoms with E-state index < -0.39 is 26.6 Å². The molecule has 8 heteroatoms. The van der Waals surface area contributed by atoms with Gasteiger partial charge in [0, 0.05) is 24.3 Å². The minimum absolute atomic E-state index is 0.0902. The molecule has 162 valence electrons. The third-order valence-corrected chi connectivity index (χ3v) is 7.23. The number of para-hydroxylation sites is 1. The summed E-state index contributed by atoms with van der Waals surface area (Å²) in [6, 6.07) is 15.9. The summed E-state index contributed by atoms with van der Waals surface area (Å²) in [6.07, 6.45) is 3.95. The van der Waals surface area contributed by atoms with Crippen LogP contribution >= 0.6 is 0 Å². The topological polar surface area (TPSA) is 70.8 Å². The Morgan fingerprint density at radius 3 is 2.42 bits per heavy atom. The molecule has 2 aromatic carbocycles. The van der Waals surface area contributed by atoms with Crippen LogP contribution in [-0.4, -0.2) is 31.7 Å². The Bertz CT molecular complexity index is 1140. The summed E-state index contributed by atoms with van der Waals surface area (Å²) in [4.78, 5) is 14.4. The molecular formula is C23H23FN2O4S. The fraction of sp³-hybridized carbons (Fsp3) is 0.261. The predicted molar refractivity (Wildman–Crippen MR) is 115 cm³/mol. The number of nitrogens with zero attached hydrogens (tertiary/aromatic N) is 2. The molecule has 1 aliphatic heterocycles. The van der Waals surface area contributed by atoms with E-state index in [0.717, 1.165) is 31.4 Å². The van der Waals surface area contributed by atoms with Crippen molar-refractivity contribution < 1.29 is 22.0 Å². The highest BCUT2D eigenvalue weighted by Gasteiger charge is 2.30. The first-order valence-electron chi connectivity index (χ1n) is 10.2. The van der Waals surface area contributed by atoms with Gasteiger partial charge in [-0.3, -0.25) is 4.79 Å². The van der Waals surface area contributed by atoms with Crippen LogP contribution in [0.4, 0.5) is 10.1 Å². The second-order valence-corrected chi connectivity index (χ2v) is 9.32. The molecule has 2 heterocycles. The number of amides is 1. The summed E-state index contributed by atoms with van der Waals surface area (Å²) in [5.74, 6) is -0.738. The number of rotatable bonds is 6. The Morgan fingerprint density at radius 1 is 1.00 bits per heavy atom. The lowest BCUT2D eigenvalue weighted by molar-refractivity contribution is 0.0983. The van der Waals surface area contributed by atoms with Gasteiger partial charge in [0.2, 0.25) is 10.0 Å². The number of piperidine rings is 1. The highest BCUT2D eigenvalue weighted by atomic mass is 32.2. The lowest BCUT2D eigenvalue weighted by atomic mass is 10.1. The minimum Gasteiger partial charge on any atom is -0.467 e. The van der Waals surface area contributed by atoms with E-state index >= 15 is 0 Å². The maximum Gasteiger partial charge on any atom is 0.258 e. The highest BCUT2D eigenvalue weighted by Crippen LogP contribution is 2.26. The smallest absolute Gasteiger partial charge is 0.258 e. The molecule has 1 saturated heterocycles. The summed E-state index contributed by atoms with van der Waals surface area (Å²) in [5.41, 5.74) is 0.709. The first kappa shape index (κ1) is 21.3. The summed E-state index contributed by atoms with van der Waals surface area (Å²) < 4.78 is 47.3. The van der Waals surface area contributed by atoms with Crippen LogP contribution in [0.15, 0.2) is 76.2 Å². The van der Waals surface area contributed by atoms with Crippen LogP contribution in [0.25, 0.3) is 0 Å². The van der Waals surface area contributed by atoms with Gasteiger partial charge in [-0.25, -0.2) is 12.8 Å². The van der Waals surface area contributed by atoms with E-state index in [1.165, 1.54) is 21.5 Å². The van der Waals surface area contributed by atoms with E-state index in [1.54, 1.807) is 36.4 Å². The van der Waals surface area contributed by atoms with Crippen molar-refractivity contribution in [3.8, 4) is 0 Å². The predicted octanol–water partition coefficient (Wildman–Crippen LogP) is 4.44. The first-order valence-corrected chi connectivity index (χ1v) is 11.6. The van der Waals surface area contributed by atoms with Gasteiger partial charge >= 0.3 is 0 Å². The molecule has 0 saturated carbocycles. The van der Waals surface area contributed by atoms with Gasteiger partial charge < -0.3 is 9.32 Å². The number of hydrogen-bond acceptors (Lipinski definition) is 4. The van der Waals surface area contributed by atoms with Crippen LogP contribution in [0.3, 0.4) is 0 Å². The monoisotopic (exact) mass is 442 g/mol. The van der Waals surface area contributed by atoms with E-state index in [2.05, 4.69) is 0 Å². The average Bonchev–Trinajstić information content (AvgIpc) is 3.32. The number of anilines is 1. The van der Waals surface area contributed by atoms with Crippen molar-refractivity contribution in [2.24, 2.45) is 0 Å². The van der Waals surface area contributed by atoms with E-state index in [1.807, 2.05) is 6.07 Å². The molecule has 1 aliphatic rings. The Balaban J connectivity index is 1.70. The van der Waals surface area contributed by atoms with Crippen LogP contribution in [0.1, 0.15) is 35.4 Å². The quantitative estimate of drug-likeness (QED) is 0.566. The summed E-state index contributed by atoms with van der Waals surface area (Å²) in [6.45, 7) is 0.866. The summed E-state index contributed by atoms with van der Waals surface area (Å²) >= 11 is 0. The highest BCUT2D eigenvalue weighted by molar-refractivity contribution is 7.89. The van der Waals surface area contributed by atoms with Gasteiger partial charge in [0.15, 0.2) is 0 Å². The van der Waals surface area contributed by atoms with Crippen molar-refractivity contribution in [3.05, 3.63) is 84.1 Å². The number of sulfonamides is 1. The molecule has 0 N–H and O–H groups in total. The molecule has 0 radical (unpaired) electrons. The fourth-order valence-electron chi connectivity index (χ4n) is 3.68. The second-order valence-electron chi connectivity index (χ2n) is 7.42. The van der Waals surface area contributed by atoms with Gasteiger partial charge in [-0.15, -0.1) is 0 Å². The maximum atomic E-state index is 14.6. The van der Waals surface area contributed by atoms with Crippen LogP contribution < -0.4 is 4.90 Å². The van der Waals surface area contributed by atoms with Crippen molar-refractivity contribution in [3.63, 3.8) is 0 Å². The van der Waals surface area contributed by atoms with E-state index in [0.29, 0.717) is 24.5 Å². The maximum absolute atomic E-state index is 14.6. The summed E-state index contributed by atoms with van der Waals surface area (Å²) in [7, 11) is -4.02. The third kappa shape index (κ3) is 4.55. The molecule has 0 bridgehead atoms. The van der Waals surface area contributed by atoms with Gasteiger partial charge in [-0.2, -0.15) is 4.31 Å². The minimum atomic E-state index is -4.02.